The van der Waals surface area contributed by atoms with Crippen molar-refractivity contribution < 1.29 is 4.42 Å². The molecule has 0 saturated heterocycles. The molecule has 1 N–H and O–H groups in total. The van der Waals surface area contributed by atoms with Crippen molar-refractivity contribution in [3.8, 4) is 44.8 Å². The molecule has 75 heavy (non-hydrogen) atoms. The molecule has 1 aliphatic heterocycles. The van der Waals surface area contributed by atoms with Gasteiger partial charge in [0.1, 0.15) is 23.2 Å². The van der Waals surface area contributed by atoms with Gasteiger partial charge in [0, 0.05) is 49.1 Å². The van der Waals surface area contributed by atoms with E-state index in [1.54, 1.807) is 0 Å². The molecular formula is C69H45N5O. The lowest BCUT2D eigenvalue weighted by Gasteiger charge is -2.26. The highest BCUT2D eigenvalue weighted by molar-refractivity contribution is 6.23. The average molecular weight is 960 g/mol. The summed E-state index contributed by atoms with van der Waals surface area (Å²) in [4.78, 5) is 11.0. The smallest absolute Gasteiger partial charge is 0.159 e. The molecular weight excluding hydrogens is 915 g/mol. The topological polar surface area (TPSA) is 59.8 Å². The number of aliphatic imine (C=N–C) groups is 2. The molecule has 0 amide bonds. The van der Waals surface area contributed by atoms with Crippen LogP contribution >= 0.6 is 0 Å². The number of nitrogens with zero attached hydrogens (tertiary/aromatic N) is 4. The highest BCUT2D eigenvalue weighted by atomic mass is 16.3. The summed E-state index contributed by atoms with van der Waals surface area (Å²) in [6.45, 7) is 0. The normalized spacial score (nSPS) is 13.7. The van der Waals surface area contributed by atoms with E-state index in [1.165, 1.54) is 38.3 Å². The molecule has 14 aromatic rings. The van der Waals surface area contributed by atoms with Gasteiger partial charge in [0.2, 0.25) is 0 Å². The van der Waals surface area contributed by atoms with E-state index < -0.39 is 6.17 Å². The maximum absolute atomic E-state index is 6.68. The second-order valence-electron chi connectivity index (χ2n) is 19.3. The van der Waals surface area contributed by atoms with Crippen LogP contribution in [0.1, 0.15) is 22.9 Å². The van der Waals surface area contributed by atoms with Crippen LogP contribution in [0.25, 0.3) is 110 Å². The van der Waals surface area contributed by atoms with Crippen LogP contribution in [0.5, 0.6) is 0 Å². The summed E-state index contributed by atoms with van der Waals surface area (Å²) in [7, 11) is 0. The van der Waals surface area contributed by atoms with Crippen molar-refractivity contribution >= 4 is 77.2 Å². The zero-order valence-electron chi connectivity index (χ0n) is 40.6. The van der Waals surface area contributed by atoms with Gasteiger partial charge in [0.05, 0.1) is 33.3 Å². The van der Waals surface area contributed by atoms with Crippen molar-refractivity contribution in [2.45, 2.75) is 6.17 Å². The minimum atomic E-state index is -0.547. The van der Waals surface area contributed by atoms with E-state index in [9.17, 15) is 0 Å². The van der Waals surface area contributed by atoms with Crippen molar-refractivity contribution in [2.24, 2.45) is 9.98 Å². The number of hydrogen-bond donors (Lipinski definition) is 1. The molecule has 4 heterocycles. The molecule has 11 aromatic carbocycles. The van der Waals surface area contributed by atoms with Crippen LogP contribution in [0.3, 0.4) is 0 Å². The van der Waals surface area contributed by atoms with Gasteiger partial charge in [-0.15, -0.1) is 0 Å². The second kappa shape index (κ2) is 17.3. The second-order valence-corrected chi connectivity index (χ2v) is 19.3. The quantitative estimate of drug-likeness (QED) is 0.165. The molecule has 1 unspecified atom stereocenters. The van der Waals surface area contributed by atoms with E-state index in [0.717, 1.165) is 88.7 Å². The van der Waals surface area contributed by atoms with E-state index in [-0.39, 0.29) is 0 Å². The molecule has 0 aliphatic carbocycles. The fourth-order valence-corrected chi connectivity index (χ4v) is 11.7. The lowest BCUT2D eigenvalue weighted by Crippen LogP contribution is -2.34. The van der Waals surface area contributed by atoms with Gasteiger partial charge in [0.15, 0.2) is 5.84 Å². The van der Waals surface area contributed by atoms with Gasteiger partial charge < -0.3 is 18.9 Å². The Morgan fingerprint density at radius 1 is 0.373 bits per heavy atom. The van der Waals surface area contributed by atoms with Crippen LogP contribution in [-0.4, -0.2) is 20.8 Å². The van der Waals surface area contributed by atoms with E-state index in [2.05, 4.69) is 257 Å². The number of aromatic nitrogens is 2. The van der Waals surface area contributed by atoms with Crippen LogP contribution in [0, 0.1) is 0 Å². The number of fused-ring (bicyclic) bond motifs is 9. The Hall–Kier alpha value is -10.0. The van der Waals surface area contributed by atoms with E-state index in [0.29, 0.717) is 11.7 Å². The number of hydrogen-bond acceptors (Lipinski definition) is 4. The summed E-state index contributed by atoms with van der Waals surface area (Å²) < 4.78 is 11.5. The third kappa shape index (κ3) is 6.95. The Morgan fingerprint density at radius 3 is 1.69 bits per heavy atom. The molecule has 15 rings (SSSR count). The first-order valence-electron chi connectivity index (χ1n) is 25.5. The third-order valence-corrected chi connectivity index (χ3v) is 15.0. The Bertz CT molecular complexity index is 4620. The van der Waals surface area contributed by atoms with Crippen molar-refractivity contribution in [2.75, 3.05) is 0 Å². The number of benzene rings is 11. The Labute approximate surface area is 432 Å². The van der Waals surface area contributed by atoms with Gasteiger partial charge in [-0.2, -0.15) is 0 Å². The molecule has 0 saturated carbocycles. The van der Waals surface area contributed by atoms with Crippen molar-refractivity contribution in [3.05, 3.63) is 278 Å². The van der Waals surface area contributed by atoms with Crippen LogP contribution in [0.15, 0.2) is 275 Å². The number of amidine groups is 2. The highest BCUT2D eigenvalue weighted by Crippen LogP contribution is 2.45. The molecule has 1 atom stereocenters. The van der Waals surface area contributed by atoms with Gasteiger partial charge in [-0.3, -0.25) is 0 Å². The third-order valence-electron chi connectivity index (χ3n) is 15.0. The molecule has 0 bridgehead atoms. The maximum Gasteiger partial charge on any atom is 0.159 e. The minimum absolute atomic E-state index is 0.547. The van der Waals surface area contributed by atoms with E-state index >= 15 is 0 Å². The van der Waals surface area contributed by atoms with E-state index in [1.807, 2.05) is 18.2 Å². The van der Waals surface area contributed by atoms with Crippen molar-refractivity contribution in [1.29, 1.82) is 0 Å². The van der Waals surface area contributed by atoms with Crippen LogP contribution < -0.4 is 5.32 Å². The molecule has 352 valence electrons. The van der Waals surface area contributed by atoms with Crippen molar-refractivity contribution in [1.82, 2.24) is 14.5 Å². The highest BCUT2D eigenvalue weighted by Gasteiger charge is 2.28. The summed E-state index contributed by atoms with van der Waals surface area (Å²) in [6.07, 6.45) is -0.547. The molecule has 3 aromatic heterocycles. The lowest BCUT2D eigenvalue weighted by molar-refractivity contribution is 0.658. The number of para-hydroxylation sites is 5. The minimum Gasteiger partial charge on any atom is -0.455 e. The fourth-order valence-electron chi connectivity index (χ4n) is 11.7. The summed E-state index contributed by atoms with van der Waals surface area (Å²) in [5, 5.41) is 10.8. The SMILES string of the molecule is c1ccc(-c2cccc(C3=NC(c4ccccc4-n4c5cc(-c6ccccc6)ccc5c5c(-c6cccc7c6c6ccccc6n7-c6ccccc6)cccc54)NC(c4cccc5c4oc4ccccc45)=N3)c2)cc1. The first kappa shape index (κ1) is 42.6. The molecule has 0 spiro atoms. The number of rotatable bonds is 8. The van der Waals surface area contributed by atoms with Crippen molar-refractivity contribution in [3.63, 3.8) is 0 Å². The Morgan fingerprint density at radius 2 is 0.920 bits per heavy atom. The molecule has 6 heteroatoms. The fraction of sp³-hybridized carbons (Fsp3) is 0.0145. The molecule has 6 nitrogen and oxygen atoms in total. The molecule has 1 aliphatic rings. The predicted molar refractivity (Wildman–Crippen MR) is 311 cm³/mol. The van der Waals surface area contributed by atoms with Crippen LogP contribution in [0.2, 0.25) is 0 Å². The van der Waals surface area contributed by atoms with Gasteiger partial charge in [0.25, 0.3) is 0 Å². The summed E-state index contributed by atoms with van der Waals surface area (Å²) in [5.74, 6) is 1.32. The largest absolute Gasteiger partial charge is 0.455 e. The lowest BCUT2D eigenvalue weighted by atomic mass is 9.95. The first-order valence-corrected chi connectivity index (χ1v) is 25.5. The van der Waals surface area contributed by atoms with Gasteiger partial charge in [-0.25, -0.2) is 9.98 Å². The predicted octanol–water partition coefficient (Wildman–Crippen LogP) is 17.3. The number of nitrogens with one attached hydrogen (secondary N) is 1. The average Bonchev–Trinajstić information content (AvgIpc) is 4.19. The monoisotopic (exact) mass is 959 g/mol. The van der Waals surface area contributed by atoms with Gasteiger partial charge in [-0.05, 0) is 94.0 Å². The standard InChI is InChI=1S/C69H45N5O/c1-4-20-44(21-5-1)46-24-16-25-48(42-46)67-70-68(72-69(71-67)57-34-17-33-53-50-28-12-15-39-63(50)75-66(53)57)56-30-11-14-36-59(56)74-61-38-19-32-52(65(61)55-41-40-47(43-62(55)74)45-22-6-2-7-23-45)51-31-18-37-60-64(51)54-29-10-13-35-58(54)73(60)49-26-8-3-9-27-49/h1-43,68H,(H,70,71,72). The molecule has 0 fully saturated rings. The maximum atomic E-state index is 6.68. The van der Waals surface area contributed by atoms with Gasteiger partial charge >= 0.3 is 0 Å². The summed E-state index contributed by atoms with van der Waals surface area (Å²) in [5.41, 5.74) is 18.0. The van der Waals surface area contributed by atoms with Crippen LogP contribution in [0.4, 0.5) is 0 Å². The van der Waals surface area contributed by atoms with E-state index in [4.69, 9.17) is 14.4 Å². The molecule has 0 radical (unpaired) electrons. The number of furan rings is 1. The zero-order chi connectivity index (χ0) is 49.4. The Balaban J connectivity index is 0.968. The summed E-state index contributed by atoms with van der Waals surface area (Å²) in [6, 6.07) is 93.0. The van der Waals surface area contributed by atoms with Gasteiger partial charge in [-0.1, -0.05) is 200 Å². The Kier molecular flexibility index (Phi) is 9.85. The summed E-state index contributed by atoms with van der Waals surface area (Å²) >= 11 is 0. The van der Waals surface area contributed by atoms with Crippen LogP contribution in [-0.2, 0) is 0 Å². The first-order chi connectivity index (χ1) is 37.2. The zero-order valence-corrected chi connectivity index (χ0v) is 40.6.